The first-order valence-corrected chi connectivity index (χ1v) is 11.4. The van der Waals surface area contributed by atoms with Gasteiger partial charge in [0.15, 0.2) is 6.10 Å². The summed E-state index contributed by atoms with van der Waals surface area (Å²) in [5.74, 6) is 0.316. The van der Waals surface area contributed by atoms with Gasteiger partial charge in [0, 0.05) is 5.69 Å². The van der Waals surface area contributed by atoms with Crippen molar-refractivity contribution in [3.8, 4) is 5.75 Å². The van der Waals surface area contributed by atoms with Crippen LogP contribution in [0.25, 0.3) is 0 Å². The second kappa shape index (κ2) is 9.22. The normalized spacial score (nSPS) is 12.1. The number of anilines is 2. The Bertz CT molecular complexity index is 1190. The van der Waals surface area contributed by atoms with Gasteiger partial charge in [-0.25, -0.2) is 8.42 Å². The summed E-state index contributed by atoms with van der Waals surface area (Å²) in [6, 6.07) is 19.0. The first kappa shape index (κ1) is 22.4. The van der Waals surface area contributed by atoms with Gasteiger partial charge < -0.3 is 10.1 Å². The van der Waals surface area contributed by atoms with Crippen LogP contribution in [0.1, 0.15) is 23.6 Å². The predicted molar refractivity (Wildman–Crippen MR) is 123 cm³/mol. The molecule has 7 heteroatoms. The zero-order chi connectivity index (χ0) is 22.6. The van der Waals surface area contributed by atoms with E-state index in [-0.39, 0.29) is 10.8 Å². The third-order valence-electron chi connectivity index (χ3n) is 4.82. The lowest BCUT2D eigenvalue weighted by atomic mass is 10.1. The van der Waals surface area contributed by atoms with E-state index in [0.717, 1.165) is 16.7 Å². The lowest BCUT2D eigenvalue weighted by Gasteiger charge is -2.16. The number of amides is 1. The van der Waals surface area contributed by atoms with Crippen molar-refractivity contribution in [3.05, 3.63) is 83.4 Å². The molecular formula is C24H26N2O4S. The molecule has 3 aromatic carbocycles. The van der Waals surface area contributed by atoms with Gasteiger partial charge in [-0.1, -0.05) is 35.9 Å². The topological polar surface area (TPSA) is 84.5 Å². The van der Waals surface area contributed by atoms with Crippen LogP contribution in [0.4, 0.5) is 11.4 Å². The molecule has 0 saturated carbocycles. The van der Waals surface area contributed by atoms with Crippen LogP contribution in [0.3, 0.4) is 0 Å². The Kier molecular flexibility index (Phi) is 6.65. The Morgan fingerprint density at radius 2 is 1.58 bits per heavy atom. The second-order valence-electron chi connectivity index (χ2n) is 7.46. The van der Waals surface area contributed by atoms with Gasteiger partial charge in [-0.3, -0.25) is 9.52 Å². The van der Waals surface area contributed by atoms with E-state index in [2.05, 4.69) is 10.0 Å². The molecule has 0 fully saturated rings. The Balaban J connectivity index is 1.66. The quantitative estimate of drug-likeness (QED) is 0.554. The van der Waals surface area contributed by atoms with Crippen LogP contribution in [0.2, 0.25) is 0 Å². The number of rotatable bonds is 7. The largest absolute Gasteiger partial charge is 0.481 e. The molecule has 0 spiro atoms. The summed E-state index contributed by atoms with van der Waals surface area (Å²) in [4.78, 5) is 12.6. The van der Waals surface area contributed by atoms with Gasteiger partial charge >= 0.3 is 0 Å². The van der Waals surface area contributed by atoms with Gasteiger partial charge in [-0.15, -0.1) is 0 Å². The molecule has 0 aliphatic heterocycles. The maximum Gasteiger partial charge on any atom is 0.265 e. The van der Waals surface area contributed by atoms with Crippen molar-refractivity contribution in [2.75, 3.05) is 10.0 Å². The number of para-hydroxylation sites is 1. The molecule has 1 amide bonds. The number of aryl methyl sites for hydroxylation is 3. The molecule has 2 N–H and O–H groups in total. The van der Waals surface area contributed by atoms with Crippen molar-refractivity contribution in [2.45, 2.75) is 38.7 Å². The highest BCUT2D eigenvalue weighted by atomic mass is 32.2. The maximum absolute atomic E-state index is 12.7. The minimum absolute atomic E-state index is 0.106. The first-order chi connectivity index (χ1) is 14.7. The van der Waals surface area contributed by atoms with E-state index in [4.69, 9.17) is 4.74 Å². The van der Waals surface area contributed by atoms with Crippen LogP contribution in [0.5, 0.6) is 5.75 Å². The Morgan fingerprint density at radius 1 is 0.903 bits per heavy atom. The number of hydrogen-bond acceptors (Lipinski definition) is 4. The fraction of sp³-hybridized carbons (Fsp3) is 0.208. The molecule has 3 aromatic rings. The van der Waals surface area contributed by atoms with Crippen molar-refractivity contribution < 1.29 is 17.9 Å². The molecule has 0 aliphatic rings. The Morgan fingerprint density at radius 3 is 2.23 bits per heavy atom. The van der Waals surface area contributed by atoms with Crippen LogP contribution < -0.4 is 14.8 Å². The molecule has 1 unspecified atom stereocenters. The van der Waals surface area contributed by atoms with Gasteiger partial charge in [-0.2, -0.15) is 0 Å². The smallest absolute Gasteiger partial charge is 0.265 e. The third kappa shape index (κ3) is 5.64. The van der Waals surface area contributed by atoms with Crippen LogP contribution >= 0.6 is 0 Å². The van der Waals surface area contributed by atoms with E-state index in [0.29, 0.717) is 17.1 Å². The highest BCUT2D eigenvalue weighted by Gasteiger charge is 2.18. The number of nitrogens with one attached hydrogen (secondary N) is 2. The van der Waals surface area contributed by atoms with E-state index in [1.54, 1.807) is 25.1 Å². The highest BCUT2D eigenvalue weighted by molar-refractivity contribution is 7.92. The lowest BCUT2D eigenvalue weighted by Crippen LogP contribution is -2.30. The summed E-state index contributed by atoms with van der Waals surface area (Å²) < 4.78 is 33.7. The van der Waals surface area contributed by atoms with Gasteiger partial charge in [0.2, 0.25) is 0 Å². The molecule has 0 aromatic heterocycles. The van der Waals surface area contributed by atoms with E-state index in [1.165, 1.54) is 12.1 Å². The van der Waals surface area contributed by atoms with Gasteiger partial charge in [0.1, 0.15) is 5.75 Å². The van der Waals surface area contributed by atoms with Crippen molar-refractivity contribution in [2.24, 2.45) is 0 Å². The number of carbonyl (C=O) groups excluding carboxylic acids is 1. The molecule has 3 rings (SSSR count). The van der Waals surface area contributed by atoms with Crippen LogP contribution in [-0.2, 0) is 14.8 Å². The number of sulfonamides is 1. The molecule has 0 heterocycles. The molecule has 6 nitrogen and oxygen atoms in total. The van der Waals surface area contributed by atoms with Crippen LogP contribution in [-0.4, -0.2) is 20.4 Å². The fourth-order valence-electron chi connectivity index (χ4n) is 3.03. The summed E-state index contributed by atoms with van der Waals surface area (Å²) in [7, 11) is -3.74. The SMILES string of the molecule is Cc1ccc(NS(=O)(=O)c2ccc(NC(=O)C(C)Oc3ccccc3C)cc2)c(C)c1. The number of carbonyl (C=O) groups is 1. The van der Waals surface area contributed by atoms with Gasteiger partial charge in [0.05, 0.1) is 10.6 Å². The van der Waals surface area contributed by atoms with Crippen molar-refractivity contribution in [3.63, 3.8) is 0 Å². The molecule has 0 bridgehead atoms. The van der Waals surface area contributed by atoms with Crippen molar-refractivity contribution in [1.29, 1.82) is 0 Å². The first-order valence-electron chi connectivity index (χ1n) is 9.89. The zero-order valence-electron chi connectivity index (χ0n) is 18.0. The Hall–Kier alpha value is -3.32. The summed E-state index contributed by atoms with van der Waals surface area (Å²) >= 11 is 0. The summed E-state index contributed by atoms with van der Waals surface area (Å²) in [5, 5.41) is 2.75. The molecule has 162 valence electrons. The number of ether oxygens (including phenoxy) is 1. The standard InChI is InChI=1S/C24H26N2O4S/c1-16-9-14-22(18(3)15-16)26-31(28,29)21-12-10-20(11-13-21)25-24(27)19(4)30-23-8-6-5-7-17(23)2/h5-15,19,26H,1-4H3,(H,25,27). The Labute approximate surface area is 183 Å². The molecule has 31 heavy (non-hydrogen) atoms. The number of benzene rings is 3. The molecular weight excluding hydrogens is 412 g/mol. The second-order valence-corrected chi connectivity index (χ2v) is 9.15. The summed E-state index contributed by atoms with van der Waals surface area (Å²) in [6.07, 6.45) is -0.712. The molecule has 0 aliphatic carbocycles. The van der Waals surface area contributed by atoms with E-state index in [1.807, 2.05) is 57.2 Å². The minimum atomic E-state index is -3.74. The van der Waals surface area contributed by atoms with E-state index < -0.39 is 16.1 Å². The van der Waals surface area contributed by atoms with Crippen LogP contribution in [0, 0.1) is 20.8 Å². The van der Waals surface area contributed by atoms with Gasteiger partial charge in [0.25, 0.3) is 15.9 Å². The fourth-order valence-corrected chi connectivity index (χ4v) is 4.16. The molecule has 0 saturated heterocycles. The van der Waals surface area contributed by atoms with Crippen LogP contribution in [0.15, 0.2) is 71.6 Å². The van der Waals surface area contributed by atoms with E-state index in [9.17, 15) is 13.2 Å². The molecule has 1 atom stereocenters. The zero-order valence-corrected chi connectivity index (χ0v) is 18.8. The monoisotopic (exact) mass is 438 g/mol. The van der Waals surface area contributed by atoms with Crippen molar-refractivity contribution >= 4 is 27.3 Å². The van der Waals surface area contributed by atoms with Gasteiger partial charge in [-0.05, 0) is 75.2 Å². The maximum atomic E-state index is 12.7. The minimum Gasteiger partial charge on any atom is -0.481 e. The average Bonchev–Trinajstić information content (AvgIpc) is 2.72. The predicted octanol–water partition coefficient (Wildman–Crippen LogP) is 4.82. The highest BCUT2D eigenvalue weighted by Crippen LogP contribution is 2.22. The summed E-state index contributed by atoms with van der Waals surface area (Å²) in [6.45, 7) is 7.37. The number of hydrogen-bond donors (Lipinski definition) is 2. The average molecular weight is 439 g/mol. The lowest BCUT2D eigenvalue weighted by molar-refractivity contribution is -0.122. The third-order valence-corrected chi connectivity index (χ3v) is 6.21. The molecule has 0 radical (unpaired) electrons. The summed E-state index contributed by atoms with van der Waals surface area (Å²) in [5.41, 5.74) is 3.85. The van der Waals surface area contributed by atoms with Crippen molar-refractivity contribution in [1.82, 2.24) is 0 Å². The van der Waals surface area contributed by atoms with E-state index >= 15 is 0 Å².